The van der Waals surface area contributed by atoms with Gasteiger partial charge in [-0.3, -0.25) is 0 Å². The quantitative estimate of drug-likeness (QED) is 0.0412. The normalized spacial score (nSPS) is 12.6. The van der Waals surface area contributed by atoms with E-state index in [4.69, 9.17) is 0 Å². The van der Waals surface area contributed by atoms with E-state index in [1.54, 1.807) is 0 Å². The average molecular weight is 1640 g/mol. The Morgan fingerprint density at radius 1 is 0.327 bits per heavy atom. The first-order valence-electron chi connectivity index (χ1n) is 37.4. The van der Waals surface area contributed by atoms with Crippen LogP contribution < -0.4 is 63.7 Å². The summed E-state index contributed by atoms with van der Waals surface area (Å²) in [6.45, 7) is 11.2. The average Bonchev–Trinajstić information content (AvgIpc) is 1.58. The van der Waals surface area contributed by atoms with Crippen molar-refractivity contribution in [3.8, 4) is 6.07 Å². The number of aliphatic hydroxyl groups is 1. The maximum atomic E-state index is 11.8. The Kier molecular flexibility index (Phi) is 36.2. The molecule has 0 spiro atoms. The summed E-state index contributed by atoms with van der Waals surface area (Å²) in [7, 11) is -1.78. The van der Waals surface area contributed by atoms with Crippen LogP contribution in [0.4, 0.5) is 0 Å². The number of hydrogen-bond donors (Lipinski definition) is 1. The van der Waals surface area contributed by atoms with Gasteiger partial charge in [-0.25, -0.2) is 0 Å². The van der Waals surface area contributed by atoms with Gasteiger partial charge in [-0.2, -0.15) is 0 Å². The van der Waals surface area contributed by atoms with E-state index in [9.17, 15) is 10.4 Å². The van der Waals surface area contributed by atoms with Crippen molar-refractivity contribution in [3.05, 3.63) is 374 Å². The smallest absolute Gasteiger partial charge is 0 e. The third-order valence-corrected chi connectivity index (χ3v) is 43.1. The fourth-order valence-corrected chi connectivity index (χ4v) is 37.1. The summed E-state index contributed by atoms with van der Waals surface area (Å²) in [5.41, 5.74) is -1.43. The molecule has 0 aliphatic heterocycles. The Morgan fingerprint density at radius 2 is 0.490 bits per heavy atom. The van der Waals surface area contributed by atoms with Crippen molar-refractivity contribution in [2.24, 2.45) is 11.3 Å². The topological polar surface area (TPSA) is 44.0 Å². The van der Waals surface area contributed by atoms with Crippen LogP contribution in [0.2, 0.25) is 13.3 Å². The Morgan fingerprint density at radius 3 is 0.615 bits per heavy atom. The zero-order valence-electron chi connectivity index (χ0n) is 61.6. The Labute approximate surface area is 648 Å². The first kappa shape index (κ1) is 82.7. The molecule has 1 atom stereocenters. The fraction of sp³-hybridized carbons (Fsp3) is 0.219. The zero-order valence-corrected chi connectivity index (χ0v) is 69.6. The summed E-state index contributed by atoms with van der Waals surface area (Å²) < 4.78 is 6.84. The Hall–Kier alpha value is -6.99. The van der Waals surface area contributed by atoms with E-state index in [1.165, 1.54) is 115 Å². The number of unbranched alkanes of at least 4 members (excludes halogenated alkanes) is 3. The Balaban J connectivity index is 0.000000165. The van der Waals surface area contributed by atoms with Gasteiger partial charge in [0.1, 0.15) is 0 Å². The third-order valence-electron chi connectivity index (χ3n) is 19.3. The summed E-state index contributed by atoms with van der Waals surface area (Å²) in [6, 6.07) is 132. The van der Waals surface area contributed by atoms with Gasteiger partial charge < -0.3 is 0 Å². The van der Waals surface area contributed by atoms with Gasteiger partial charge in [-0.05, 0) is 95.3 Å². The van der Waals surface area contributed by atoms with Crippen molar-refractivity contribution in [2.45, 2.75) is 118 Å². The first-order valence-corrected chi connectivity index (χ1v) is 50.4. The van der Waals surface area contributed by atoms with Gasteiger partial charge >= 0.3 is 174 Å². The molecule has 1 unspecified atom stereocenters. The largest absolute Gasteiger partial charge is 0.0622 e. The van der Waals surface area contributed by atoms with Gasteiger partial charge in [0.05, 0.1) is 0 Å². The van der Waals surface area contributed by atoms with Crippen LogP contribution in [0.25, 0.3) is 0 Å². The van der Waals surface area contributed by atoms with Crippen LogP contribution >= 0.6 is 31.7 Å². The first-order chi connectivity index (χ1) is 50.7. The van der Waals surface area contributed by atoms with E-state index in [0.717, 1.165) is 25.7 Å². The van der Waals surface area contributed by atoms with Crippen LogP contribution in [-0.4, -0.2) is 29.1 Å². The standard InChI is InChI=1S/4C18H15P.C12H18NO.3C4H9.Pd.Sn/c4*1-4-10-16(11-5-1)19(17-12-6-2-7-13-17)18-14-8-3-9-15-18;1-4-10(5-2)12(14,6-3)11(9-13)7-8-11;3*1-3-4-2;;/h4*1-15H;3,6,10,14H,4-5,7-8H2,1-2H3;3*1,3-4H2,2H3;;. The molecular formula is C96H105NOP4PdSn. The van der Waals surface area contributed by atoms with Gasteiger partial charge in [-0.15, -0.1) is 0 Å². The predicted molar refractivity (Wildman–Crippen MR) is 461 cm³/mol. The molecule has 0 bridgehead atoms. The minimum absolute atomic E-state index is 0. The molecular weight excluding hydrogens is 1530 g/mol. The maximum absolute atomic E-state index is 11.8. The number of rotatable bonds is 27. The molecule has 0 amide bonds. The van der Waals surface area contributed by atoms with Crippen molar-refractivity contribution in [1.29, 1.82) is 5.26 Å². The number of nitrogens with zero attached hydrogens (tertiary/aromatic N) is 1. The zero-order chi connectivity index (χ0) is 72.1. The molecule has 2 nitrogen and oxygen atoms in total. The summed E-state index contributed by atoms with van der Waals surface area (Å²) in [6.07, 6.45) is 13.6. The molecule has 8 heteroatoms. The van der Waals surface area contributed by atoms with E-state index >= 15 is 0 Å². The van der Waals surface area contributed by atoms with Crippen LogP contribution in [0.15, 0.2) is 374 Å². The van der Waals surface area contributed by atoms with Gasteiger partial charge in [-0.1, -0.05) is 364 Å². The Bertz CT molecular complexity index is 3410. The summed E-state index contributed by atoms with van der Waals surface area (Å²) in [5.74, 6) is 0.198. The van der Waals surface area contributed by atoms with Gasteiger partial charge in [0, 0.05) is 20.4 Å². The molecule has 534 valence electrons. The van der Waals surface area contributed by atoms with Crippen LogP contribution in [0.5, 0.6) is 0 Å². The monoisotopic (exact) mass is 1640 g/mol. The number of hydrogen-bond acceptors (Lipinski definition) is 2. The minimum atomic E-state index is -2.44. The van der Waals surface area contributed by atoms with Gasteiger partial charge in [0.25, 0.3) is 0 Å². The third kappa shape index (κ3) is 24.3. The van der Waals surface area contributed by atoms with Crippen molar-refractivity contribution < 1.29 is 25.5 Å². The summed E-state index contributed by atoms with van der Waals surface area (Å²) in [4.78, 5) is 0. The second-order valence-electron chi connectivity index (χ2n) is 26.4. The maximum Gasteiger partial charge on any atom is 0 e. The van der Waals surface area contributed by atoms with Crippen molar-refractivity contribution in [3.63, 3.8) is 0 Å². The molecule has 0 aromatic heterocycles. The molecule has 1 saturated carbocycles. The van der Waals surface area contributed by atoms with E-state index in [0.29, 0.717) is 0 Å². The van der Waals surface area contributed by atoms with E-state index in [1.807, 2.05) is 0 Å². The minimum Gasteiger partial charge on any atom is -0.0622 e. The second kappa shape index (κ2) is 45.5. The van der Waals surface area contributed by atoms with Gasteiger partial charge in [0.15, 0.2) is 0 Å². The van der Waals surface area contributed by atoms with Crippen LogP contribution in [0, 0.1) is 22.7 Å². The van der Waals surface area contributed by atoms with E-state index in [2.05, 4.69) is 415 Å². The van der Waals surface area contributed by atoms with E-state index in [-0.39, 0.29) is 26.3 Å². The molecule has 12 aromatic rings. The molecule has 1 aliphatic rings. The van der Waals surface area contributed by atoms with Crippen molar-refractivity contribution >= 4 is 114 Å². The summed E-state index contributed by atoms with van der Waals surface area (Å²) >= 11 is -2.44. The van der Waals surface area contributed by atoms with Gasteiger partial charge in [0.2, 0.25) is 0 Å². The van der Waals surface area contributed by atoms with Crippen molar-refractivity contribution in [2.75, 3.05) is 0 Å². The molecule has 1 N–H and O–H groups in total. The SMILES string of the molecule is CCC[CH2][Sn](/[CH]=C/C(O)(C(CC)CC)C1(C#N)CC1)([CH2]CCC)[CH2]CCC.[Pd].c1ccc(P(c2ccccc2)c2ccccc2)cc1.c1ccc(P(c2ccccc2)c2ccccc2)cc1.c1ccc(P(c2ccccc2)c2ccccc2)cc1.c1ccc(P(c2ccccc2)c2ccccc2)cc1. The van der Waals surface area contributed by atoms with Crippen LogP contribution in [0.1, 0.15) is 98.8 Å². The fourth-order valence-electron chi connectivity index (χ4n) is 13.6. The van der Waals surface area contributed by atoms with Crippen LogP contribution in [0.3, 0.4) is 0 Å². The number of benzene rings is 12. The van der Waals surface area contributed by atoms with E-state index < -0.39 is 61.1 Å². The molecule has 0 heterocycles. The summed E-state index contributed by atoms with van der Waals surface area (Å²) in [5, 5.41) is 38.5. The second-order valence-corrected chi connectivity index (χ2v) is 48.3. The molecule has 13 rings (SSSR count). The number of nitriles is 1. The molecule has 1 fully saturated rings. The molecule has 1 aliphatic carbocycles. The molecule has 12 aromatic carbocycles. The van der Waals surface area contributed by atoms with Crippen LogP contribution in [-0.2, 0) is 20.4 Å². The molecule has 0 saturated heterocycles. The predicted octanol–water partition coefficient (Wildman–Crippen LogP) is 21.2. The molecule has 104 heavy (non-hydrogen) atoms. The van der Waals surface area contributed by atoms with Crippen molar-refractivity contribution in [1.82, 2.24) is 0 Å². The molecule has 0 radical (unpaired) electrons.